The Labute approximate surface area is 204 Å². The van der Waals surface area contributed by atoms with Crippen LogP contribution in [-0.2, 0) is 0 Å². The number of halogens is 2. The Balaban J connectivity index is 1.66. The molecule has 0 aliphatic carbocycles. The number of hydrogen-bond donors (Lipinski definition) is 2. The van der Waals surface area contributed by atoms with Crippen molar-refractivity contribution in [3.63, 3.8) is 0 Å². The molecule has 0 aliphatic rings. The number of nitrogens with two attached hydrogens (primary N) is 1. The number of anilines is 2. The van der Waals surface area contributed by atoms with Crippen LogP contribution in [0.1, 0.15) is 9.67 Å². The van der Waals surface area contributed by atoms with Gasteiger partial charge < -0.3 is 11.1 Å². The largest absolute Gasteiger partial charge is 0.397 e. The van der Waals surface area contributed by atoms with Crippen molar-refractivity contribution < 1.29 is 4.79 Å². The van der Waals surface area contributed by atoms with Crippen molar-refractivity contribution >= 4 is 62.0 Å². The minimum absolute atomic E-state index is 0.291. The highest BCUT2D eigenvalue weighted by molar-refractivity contribution is 7.21. The SMILES string of the molecule is Nc1c(C(=O)Nc2ccc(Cl)cc2)sc2nc(-c3ccccc3)cc(-c3ccc(Cl)cc3)c12. The van der Waals surface area contributed by atoms with Crippen LogP contribution < -0.4 is 11.1 Å². The van der Waals surface area contributed by atoms with Gasteiger partial charge in [-0.15, -0.1) is 11.3 Å². The van der Waals surface area contributed by atoms with Gasteiger partial charge in [0.25, 0.3) is 5.91 Å². The zero-order chi connectivity index (χ0) is 22.9. The first-order valence-corrected chi connectivity index (χ1v) is 11.7. The molecule has 5 rings (SSSR count). The van der Waals surface area contributed by atoms with Crippen LogP contribution in [0.2, 0.25) is 10.0 Å². The number of hydrogen-bond acceptors (Lipinski definition) is 4. The van der Waals surface area contributed by atoms with Gasteiger partial charge >= 0.3 is 0 Å². The number of carbonyl (C=O) groups excluding carboxylic acids is 1. The van der Waals surface area contributed by atoms with E-state index >= 15 is 0 Å². The lowest BCUT2D eigenvalue weighted by Crippen LogP contribution is -2.11. The van der Waals surface area contributed by atoms with Crippen molar-refractivity contribution in [3.8, 4) is 22.4 Å². The fraction of sp³-hybridized carbons (Fsp3) is 0. The van der Waals surface area contributed by atoms with Crippen molar-refractivity contribution in [1.29, 1.82) is 0 Å². The minimum Gasteiger partial charge on any atom is -0.397 e. The van der Waals surface area contributed by atoms with Crippen LogP contribution in [0.15, 0.2) is 84.9 Å². The maximum atomic E-state index is 13.1. The molecule has 2 aromatic heterocycles. The fourth-order valence-electron chi connectivity index (χ4n) is 3.62. The molecule has 0 saturated carbocycles. The van der Waals surface area contributed by atoms with Crippen LogP contribution in [-0.4, -0.2) is 10.9 Å². The van der Waals surface area contributed by atoms with Gasteiger partial charge in [-0.2, -0.15) is 0 Å². The number of aromatic nitrogens is 1. The Kier molecular flexibility index (Phi) is 5.77. The number of pyridine rings is 1. The zero-order valence-corrected chi connectivity index (χ0v) is 19.5. The van der Waals surface area contributed by atoms with E-state index in [1.807, 2.05) is 60.7 Å². The van der Waals surface area contributed by atoms with Gasteiger partial charge in [-0.05, 0) is 53.6 Å². The van der Waals surface area contributed by atoms with E-state index in [2.05, 4.69) is 5.32 Å². The number of nitrogens with one attached hydrogen (secondary N) is 1. The number of carbonyl (C=O) groups is 1. The van der Waals surface area contributed by atoms with Gasteiger partial charge in [0.2, 0.25) is 0 Å². The molecule has 5 aromatic rings. The summed E-state index contributed by atoms with van der Waals surface area (Å²) in [5, 5.41) is 4.88. The Bertz CT molecular complexity index is 1460. The third-order valence-corrected chi connectivity index (χ3v) is 6.83. The first-order valence-electron chi connectivity index (χ1n) is 10.1. The molecule has 4 nitrogen and oxygen atoms in total. The molecule has 3 N–H and O–H groups in total. The summed E-state index contributed by atoms with van der Waals surface area (Å²) >= 11 is 13.3. The summed E-state index contributed by atoms with van der Waals surface area (Å²) in [6.45, 7) is 0. The molecule has 0 saturated heterocycles. The normalized spacial score (nSPS) is 11.0. The van der Waals surface area contributed by atoms with E-state index < -0.39 is 0 Å². The molecular weight excluding hydrogens is 473 g/mol. The first kappa shape index (κ1) is 21.5. The fourth-order valence-corrected chi connectivity index (χ4v) is 4.89. The Hall–Kier alpha value is -3.38. The number of benzene rings is 3. The third kappa shape index (κ3) is 4.31. The van der Waals surface area contributed by atoms with Crippen molar-refractivity contribution in [2.75, 3.05) is 11.1 Å². The van der Waals surface area contributed by atoms with Gasteiger partial charge in [0.1, 0.15) is 9.71 Å². The van der Waals surface area contributed by atoms with Gasteiger partial charge in [-0.3, -0.25) is 4.79 Å². The number of amides is 1. The van der Waals surface area contributed by atoms with Crippen molar-refractivity contribution in [2.24, 2.45) is 0 Å². The van der Waals surface area contributed by atoms with Crippen molar-refractivity contribution in [3.05, 3.63) is 99.9 Å². The molecule has 0 radical (unpaired) electrons. The minimum atomic E-state index is -0.291. The van der Waals surface area contributed by atoms with Crippen LogP contribution in [0, 0.1) is 0 Å². The Morgan fingerprint density at radius 3 is 2.15 bits per heavy atom. The summed E-state index contributed by atoms with van der Waals surface area (Å²) < 4.78 is 0. The average molecular weight is 490 g/mol. The zero-order valence-electron chi connectivity index (χ0n) is 17.2. The van der Waals surface area contributed by atoms with E-state index in [4.69, 9.17) is 33.9 Å². The molecule has 0 unspecified atom stereocenters. The molecule has 7 heteroatoms. The van der Waals surface area contributed by atoms with Crippen molar-refractivity contribution in [1.82, 2.24) is 4.98 Å². The van der Waals surface area contributed by atoms with Gasteiger partial charge in [0, 0.05) is 26.7 Å². The second kappa shape index (κ2) is 8.87. The summed E-state index contributed by atoms with van der Waals surface area (Å²) in [5.41, 5.74) is 11.2. The highest BCUT2D eigenvalue weighted by Crippen LogP contribution is 2.41. The monoisotopic (exact) mass is 489 g/mol. The summed E-state index contributed by atoms with van der Waals surface area (Å²) in [6.07, 6.45) is 0. The van der Waals surface area contributed by atoms with Crippen LogP contribution in [0.5, 0.6) is 0 Å². The number of thiophene rings is 1. The van der Waals surface area contributed by atoms with Gasteiger partial charge in [0.05, 0.1) is 11.4 Å². The Morgan fingerprint density at radius 1 is 0.848 bits per heavy atom. The average Bonchev–Trinajstić information content (AvgIpc) is 3.17. The van der Waals surface area contributed by atoms with Gasteiger partial charge in [-0.1, -0.05) is 65.7 Å². The molecule has 0 atom stereocenters. The topological polar surface area (TPSA) is 68.0 Å². The van der Waals surface area contributed by atoms with Crippen LogP contribution in [0.3, 0.4) is 0 Å². The van der Waals surface area contributed by atoms with Gasteiger partial charge in [0.15, 0.2) is 0 Å². The number of nitrogens with zero attached hydrogens (tertiary/aromatic N) is 1. The standard InChI is InChI=1S/C26H17Cl2N3OS/c27-17-8-6-15(7-9-17)20-14-21(16-4-2-1-3-5-16)31-26-22(20)23(29)24(33-26)25(32)30-19-12-10-18(28)11-13-19/h1-14H,29H2,(H,30,32). The maximum absolute atomic E-state index is 13.1. The molecule has 162 valence electrons. The molecule has 0 bridgehead atoms. The molecule has 0 aliphatic heterocycles. The van der Waals surface area contributed by atoms with E-state index in [0.717, 1.165) is 27.8 Å². The number of nitrogen functional groups attached to an aromatic ring is 1. The lowest BCUT2D eigenvalue weighted by molar-refractivity contribution is 0.103. The van der Waals surface area contributed by atoms with Crippen molar-refractivity contribution in [2.45, 2.75) is 0 Å². The van der Waals surface area contributed by atoms with Gasteiger partial charge in [-0.25, -0.2) is 4.98 Å². The van der Waals surface area contributed by atoms with E-state index in [1.165, 1.54) is 11.3 Å². The lowest BCUT2D eigenvalue weighted by Gasteiger charge is -2.09. The van der Waals surface area contributed by atoms with Crippen LogP contribution in [0.25, 0.3) is 32.6 Å². The lowest BCUT2D eigenvalue weighted by atomic mass is 9.99. The second-order valence-electron chi connectivity index (χ2n) is 7.41. The first-order chi connectivity index (χ1) is 16.0. The molecule has 3 aromatic carbocycles. The Morgan fingerprint density at radius 2 is 1.48 bits per heavy atom. The smallest absolute Gasteiger partial charge is 0.267 e. The van der Waals surface area contributed by atoms with E-state index in [-0.39, 0.29) is 5.91 Å². The summed E-state index contributed by atoms with van der Waals surface area (Å²) in [6, 6.07) is 26.4. The predicted molar refractivity (Wildman–Crippen MR) is 139 cm³/mol. The van der Waals surface area contributed by atoms with E-state index in [1.54, 1.807) is 24.3 Å². The highest BCUT2D eigenvalue weighted by atomic mass is 35.5. The molecule has 1 amide bonds. The summed E-state index contributed by atoms with van der Waals surface area (Å²) in [5.74, 6) is -0.291. The highest BCUT2D eigenvalue weighted by Gasteiger charge is 2.22. The number of fused-ring (bicyclic) bond motifs is 1. The number of rotatable bonds is 4. The third-order valence-electron chi connectivity index (χ3n) is 5.23. The summed E-state index contributed by atoms with van der Waals surface area (Å²) in [7, 11) is 0. The van der Waals surface area contributed by atoms with Crippen LogP contribution in [0.4, 0.5) is 11.4 Å². The maximum Gasteiger partial charge on any atom is 0.267 e. The molecule has 0 fully saturated rings. The van der Waals surface area contributed by atoms with E-state index in [0.29, 0.717) is 31.1 Å². The molecule has 2 heterocycles. The quantitative estimate of drug-likeness (QED) is 0.270. The second-order valence-corrected chi connectivity index (χ2v) is 9.29. The predicted octanol–water partition coefficient (Wildman–Crippen LogP) is 7.77. The summed E-state index contributed by atoms with van der Waals surface area (Å²) in [4.78, 5) is 19.0. The van der Waals surface area contributed by atoms with E-state index in [9.17, 15) is 4.79 Å². The molecular formula is C26H17Cl2N3OS. The van der Waals surface area contributed by atoms with Crippen LogP contribution >= 0.6 is 34.5 Å². The molecule has 33 heavy (non-hydrogen) atoms. The molecule has 0 spiro atoms.